The molecule has 1 atom stereocenters. The highest BCUT2D eigenvalue weighted by Crippen LogP contribution is 2.33. The summed E-state index contributed by atoms with van der Waals surface area (Å²) < 4.78 is 43.2. The third kappa shape index (κ3) is 4.58. The van der Waals surface area contributed by atoms with Crippen LogP contribution in [0.3, 0.4) is 0 Å². The summed E-state index contributed by atoms with van der Waals surface area (Å²) in [5.74, 6) is 1.14. The van der Waals surface area contributed by atoms with Crippen molar-refractivity contribution in [3.63, 3.8) is 0 Å². The van der Waals surface area contributed by atoms with Gasteiger partial charge in [0.1, 0.15) is 5.75 Å². The predicted octanol–water partition coefficient (Wildman–Crippen LogP) is 2.79. The van der Waals surface area contributed by atoms with E-state index in [-0.39, 0.29) is 29.2 Å². The lowest BCUT2D eigenvalue weighted by molar-refractivity contribution is -0.126. The van der Waals surface area contributed by atoms with Crippen molar-refractivity contribution in [1.29, 1.82) is 0 Å². The Hall–Kier alpha value is -2.49. The number of carbonyl (C=O) groups excluding carboxylic acids is 1. The third-order valence-corrected chi connectivity index (χ3v) is 7.58. The van der Waals surface area contributed by atoms with Crippen LogP contribution in [0.15, 0.2) is 41.3 Å². The van der Waals surface area contributed by atoms with Crippen LogP contribution in [-0.4, -0.2) is 45.6 Å². The van der Waals surface area contributed by atoms with Crippen molar-refractivity contribution >= 4 is 27.5 Å². The van der Waals surface area contributed by atoms with Crippen LogP contribution in [0.2, 0.25) is 5.02 Å². The van der Waals surface area contributed by atoms with Crippen molar-refractivity contribution in [2.45, 2.75) is 24.3 Å². The maximum absolute atomic E-state index is 13.1. The van der Waals surface area contributed by atoms with E-state index in [0.717, 1.165) is 5.56 Å². The van der Waals surface area contributed by atoms with Crippen LogP contribution >= 0.6 is 11.6 Å². The number of piperidine rings is 1. The number of nitrogens with zero attached hydrogens (tertiary/aromatic N) is 1. The van der Waals surface area contributed by atoms with Gasteiger partial charge < -0.3 is 19.5 Å². The molecule has 31 heavy (non-hydrogen) atoms. The zero-order valence-corrected chi connectivity index (χ0v) is 18.5. The van der Waals surface area contributed by atoms with Crippen molar-refractivity contribution in [3.8, 4) is 17.2 Å². The van der Waals surface area contributed by atoms with Gasteiger partial charge in [0.05, 0.1) is 22.9 Å². The molecule has 0 spiro atoms. The van der Waals surface area contributed by atoms with E-state index in [2.05, 4.69) is 5.32 Å². The smallest absolute Gasteiger partial charge is 0.243 e. The van der Waals surface area contributed by atoms with Crippen LogP contribution in [0.5, 0.6) is 17.2 Å². The molecule has 0 unspecified atom stereocenters. The minimum Gasteiger partial charge on any atom is -0.495 e. The predicted molar refractivity (Wildman–Crippen MR) is 114 cm³/mol. The first kappa shape index (κ1) is 21.7. The van der Waals surface area contributed by atoms with Crippen molar-refractivity contribution < 1.29 is 27.4 Å². The number of carbonyl (C=O) groups is 1. The van der Waals surface area contributed by atoms with E-state index in [4.69, 9.17) is 25.8 Å². The Morgan fingerprint density at radius 1 is 1.23 bits per heavy atom. The molecule has 0 aliphatic carbocycles. The molecule has 2 aromatic rings. The highest BCUT2D eigenvalue weighted by molar-refractivity contribution is 7.89. The number of rotatable bonds is 6. The van der Waals surface area contributed by atoms with Gasteiger partial charge in [-0.2, -0.15) is 4.31 Å². The van der Waals surface area contributed by atoms with Gasteiger partial charge in [0.15, 0.2) is 11.5 Å². The molecular formula is C21H23ClN2O6S. The Labute approximate surface area is 186 Å². The molecule has 2 aliphatic heterocycles. The second kappa shape index (κ2) is 8.94. The highest BCUT2D eigenvalue weighted by Gasteiger charge is 2.33. The maximum atomic E-state index is 13.1. The normalized spacial score (nSPS) is 18.6. The molecule has 0 saturated carbocycles. The van der Waals surface area contributed by atoms with Crippen molar-refractivity contribution in [3.05, 3.63) is 47.0 Å². The molecule has 0 radical (unpaired) electrons. The summed E-state index contributed by atoms with van der Waals surface area (Å²) in [6.07, 6.45) is 1.23. The second-order valence-corrected chi connectivity index (χ2v) is 9.75. The molecule has 1 amide bonds. The summed E-state index contributed by atoms with van der Waals surface area (Å²) in [6, 6.07) is 9.85. The van der Waals surface area contributed by atoms with Gasteiger partial charge in [-0.3, -0.25) is 4.79 Å². The molecule has 10 heteroatoms. The van der Waals surface area contributed by atoms with Crippen LogP contribution < -0.4 is 19.5 Å². The summed E-state index contributed by atoms with van der Waals surface area (Å²) in [5.41, 5.74) is 0.880. The summed E-state index contributed by atoms with van der Waals surface area (Å²) in [5, 5.41) is 3.12. The summed E-state index contributed by atoms with van der Waals surface area (Å²) >= 11 is 6.10. The average molecular weight is 467 g/mol. The lowest BCUT2D eigenvalue weighted by Gasteiger charge is -2.31. The number of methoxy groups -OCH3 is 1. The number of nitrogens with one attached hydrogen (secondary N) is 1. The first-order valence-corrected chi connectivity index (χ1v) is 11.7. The highest BCUT2D eigenvalue weighted by atomic mass is 35.5. The number of halogens is 1. The molecular weight excluding hydrogens is 444 g/mol. The number of ether oxygens (including phenoxy) is 3. The minimum absolute atomic E-state index is 0.0831. The standard InChI is InChI=1S/C21H23ClN2O6S/c1-28-18-7-5-16(10-17(18)22)31(26,27)24-8-2-3-15(12-24)21(25)23-11-14-4-6-19-20(9-14)30-13-29-19/h4-7,9-10,15H,2-3,8,11-13H2,1H3,(H,23,25)/t15-/m0/s1. The Morgan fingerprint density at radius 2 is 2.03 bits per heavy atom. The molecule has 166 valence electrons. The number of amides is 1. The Balaban J connectivity index is 1.40. The first-order chi connectivity index (χ1) is 14.9. The Bertz CT molecular complexity index is 1090. The molecule has 1 N–H and O–H groups in total. The monoisotopic (exact) mass is 466 g/mol. The van der Waals surface area contributed by atoms with Gasteiger partial charge >= 0.3 is 0 Å². The van der Waals surface area contributed by atoms with E-state index < -0.39 is 15.9 Å². The maximum Gasteiger partial charge on any atom is 0.243 e. The quantitative estimate of drug-likeness (QED) is 0.703. The molecule has 2 heterocycles. The van der Waals surface area contributed by atoms with Crippen LogP contribution in [0.25, 0.3) is 0 Å². The second-order valence-electron chi connectivity index (χ2n) is 7.40. The van der Waals surface area contributed by atoms with Crippen molar-refractivity contribution in [2.75, 3.05) is 27.0 Å². The number of hydrogen-bond donors (Lipinski definition) is 1. The minimum atomic E-state index is -3.77. The lowest BCUT2D eigenvalue weighted by Crippen LogP contribution is -2.45. The van der Waals surface area contributed by atoms with E-state index in [0.29, 0.717) is 43.2 Å². The van der Waals surface area contributed by atoms with Crippen LogP contribution in [-0.2, 0) is 21.4 Å². The molecule has 0 aromatic heterocycles. The number of benzene rings is 2. The topological polar surface area (TPSA) is 94.2 Å². The van der Waals surface area contributed by atoms with E-state index >= 15 is 0 Å². The zero-order valence-electron chi connectivity index (χ0n) is 17.0. The zero-order chi connectivity index (χ0) is 22.0. The fourth-order valence-electron chi connectivity index (χ4n) is 3.72. The SMILES string of the molecule is COc1ccc(S(=O)(=O)N2CCC[C@H](C(=O)NCc3ccc4c(c3)OCO4)C2)cc1Cl. The largest absolute Gasteiger partial charge is 0.495 e. The van der Waals surface area contributed by atoms with Gasteiger partial charge in [-0.1, -0.05) is 17.7 Å². The van der Waals surface area contributed by atoms with Crippen molar-refractivity contribution in [1.82, 2.24) is 9.62 Å². The van der Waals surface area contributed by atoms with E-state index in [1.807, 2.05) is 12.1 Å². The van der Waals surface area contributed by atoms with Gasteiger partial charge in [-0.25, -0.2) is 8.42 Å². The fraction of sp³-hybridized carbons (Fsp3) is 0.381. The third-order valence-electron chi connectivity index (χ3n) is 5.42. The molecule has 2 aromatic carbocycles. The van der Waals surface area contributed by atoms with E-state index in [1.165, 1.54) is 29.6 Å². The number of fused-ring (bicyclic) bond motifs is 1. The average Bonchev–Trinajstić information content (AvgIpc) is 3.25. The summed E-state index contributed by atoms with van der Waals surface area (Å²) in [6.45, 7) is 1.00. The Kier molecular flexibility index (Phi) is 6.27. The van der Waals surface area contributed by atoms with Gasteiger partial charge in [-0.05, 0) is 48.7 Å². The number of hydrogen-bond acceptors (Lipinski definition) is 6. The molecule has 0 bridgehead atoms. The van der Waals surface area contributed by atoms with Gasteiger partial charge in [-0.15, -0.1) is 0 Å². The molecule has 2 aliphatic rings. The van der Waals surface area contributed by atoms with Gasteiger partial charge in [0.25, 0.3) is 0 Å². The molecule has 1 saturated heterocycles. The van der Waals surface area contributed by atoms with Crippen molar-refractivity contribution in [2.24, 2.45) is 5.92 Å². The van der Waals surface area contributed by atoms with Gasteiger partial charge in [0.2, 0.25) is 22.7 Å². The lowest BCUT2D eigenvalue weighted by atomic mass is 9.98. The summed E-state index contributed by atoms with van der Waals surface area (Å²) in [4.78, 5) is 12.8. The first-order valence-electron chi connectivity index (χ1n) is 9.88. The van der Waals surface area contributed by atoms with Gasteiger partial charge in [0, 0.05) is 19.6 Å². The summed E-state index contributed by atoms with van der Waals surface area (Å²) in [7, 11) is -2.30. The van der Waals surface area contributed by atoms with Crippen LogP contribution in [0.1, 0.15) is 18.4 Å². The van der Waals surface area contributed by atoms with Crippen LogP contribution in [0, 0.1) is 5.92 Å². The molecule has 8 nitrogen and oxygen atoms in total. The fourth-order valence-corrected chi connectivity index (χ4v) is 5.59. The Morgan fingerprint density at radius 3 is 2.81 bits per heavy atom. The number of sulfonamides is 1. The van der Waals surface area contributed by atoms with Crippen LogP contribution in [0.4, 0.5) is 0 Å². The van der Waals surface area contributed by atoms with E-state index in [1.54, 1.807) is 6.07 Å². The van der Waals surface area contributed by atoms with E-state index in [9.17, 15) is 13.2 Å². The molecule has 1 fully saturated rings. The molecule has 4 rings (SSSR count).